The molecular weight excluding hydrogens is 395 g/mol. The number of ether oxygens (including phenoxy) is 1. The van der Waals surface area contributed by atoms with Crippen molar-refractivity contribution in [2.75, 3.05) is 0 Å². The number of fused-ring (bicyclic) bond motifs is 1. The zero-order valence-corrected chi connectivity index (χ0v) is 16.5. The maximum Gasteiger partial charge on any atom is 0.387 e. The average molecular weight is 414 g/mol. The van der Waals surface area contributed by atoms with E-state index in [-0.39, 0.29) is 34.4 Å². The van der Waals surface area contributed by atoms with Crippen LogP contribution < -0.4 is 10.3 Å². The lowest BCUT2D eigenvalue weighted by atomic mass is 10.1. The van der Waals surface area contributed by atoms with E-state index in [4.69, 9.17) is 11.6 Å². The van der Waals surface area contributed by atoms with E-state index in [1.54, 1.807) is 6.92 Å². The summed E-state index contributed by atoms with van der Waals surface area (Å²) in [6.07, 6.45) is 0. The van der Waals surface area contributed by atoms with Gasteiger partial charge in [-0.15, -0.1) is 5.10 Å². The Hall–Kier alpha value is -2.48. The minimum atomic E-state index is -3.18. The summed E-state index contributed by atoms with van der Waals surface area (Å²) < 4.78 is 46.1. The molecule has 5 nitrogen and oxygen atoms in total. The van der Waals surface area contributed by atoms with Gasteiger partial charge in [-0.05, 0) is 37.5 Å². The maximum atomic E-state index is 14.3. The zero-order valence-electron chi connectivity index (χ0n) is 15.8. The third kappa shape index (κ3) is 3.37. The van der Waals surface area contributed by atoms with Crippen LogP contribution >= 0.6 is 11.6 Å². The first-order valence-electron chi connectivity index (χ1n) is 8.73. The first kappa shape index (κ1) is 20.3. The summed E-state index contributed by atoms with van der Waals surface area (Å²) >= 11 is 6.19. The summed E-state index contributed by atoms with van der Waals surface area (Å²) in [5.41, 5.74) is 1.89. The molecule has 28 heavy (non-hydrogen) atoms. The van der Waals surface area contributed by atoms with Gasteiger partial charge in [0, 0.05) is 23.9 Å². The van der Waals surface area contributed by atoms with Crippen molar-refractivity contribution >= 4 is 17.1 Å². The largest absolute Gasteiger partial charge is 0.432 e. The van der Waals surface area contributed by atoms with Crippen LogP contribution in [0.2, 0.25) is 5.02 Å². The summed E-state index contributed by atoms with van der Waals surface area (Å²) in [6, 6.07) is 3.79. The first-order chi connectivity index (χ1) is 13.1. The van der Waals surface area contributed by atoms with Crippen molar-refractivity contribution in [3.8, 4) is 17.1 Å². The third-order valence-electron chi connectivity index (χ3n) is 4.50. The quantitative estimate of drug-likeness (QED) is 0.590. The number of hydrogen-bond donors (Lipinski definition) is 0. The van der Waals surface area contributed by atoms with Gasteiger partial charge < -0.3 is 4.74 Å². The van der Waals surface area contributed by atoms with Crippen LogP contribution in [0.5, 0.6) is 5.75 Å². The van der Waals surface area contributed by atoms with Gasteiger partial charge in [0.2, 0.25) is 0 Å². The van der Waals surface area contributed by atoms with Gasteiger partial charge in [-0.2, -0.15) is 8.78 Å². The molecule has 0 aliphatic heterocycles. The molecule has 3 aromatic rings. The maximum absolute atomic E-state index is 14.3. The van der Waals surface area contributed by atoms with E-state index in [2.05, 4.69) is 9.84 Å². The van der Waals surface area contributed by atoms with Crippen LogP contribution in [-0.4, -0.2) is 20.8 Å². The predicted octanol–water partition coefficient (Wildman–Crippen LogP) is 5.01. The molecule has 0 aliphatic rings. The highest BCUT2D eigenvalue weighted by molar-refractivity contribution is 6.33. The van der Waals surface area contributed by atoms with Crippen LogP contribution in [0.3, 0.4) is 0 Å². The van der Waals surface area contributed by atoms with Gasteiger partial charge in [0.15, 0.2) is 17.4 Å². The van der Waals surface area contributed by atoms with Gasteiger partial charge in [0.05, 0.1) is 5.02 Å². The number of halogens is 4. The molecule has 0 spiro atoms. The molecular formula is C19H19ClF3N3O2. The first-order valence-corrected chi connectivity index (χ1v) is 9.10. The molecule has 9 heteroatoms. The van der Waals surface area contributed by atoms with E-state index in [1.807, 2.05) is 26.8 Å². The van der Waals surface area contributed by atoms with Crippen LogP contribution in [0, 0.1) is 12.7 Å². The minimum Gasteiger partial charge on any atom is -0.432 e. The lowest BCUT2D eigenvalue weighted by molar-refractivity contribution is -0.0521. The van der Waals surface area contributed by atoms with Crippen molar-refractivity contribution in [1.29, 1.82) is 0 Å². The minimum absolute atomic E-state index is 0.0561. The fourth-order valence-corrected chi connectivity index (χ4v) is 3.43. The molecule has 2 heterocycles. The Kier molecular flexibility index (Phi) is 5.43. The summed E-state index contributed by atoms with van der Waals surface area (Å²) in [5, 5.41) is 4.46. The molecule has 150 valence electrons. The van der Waals surface area contributed by atoms with E-state index in [0.29, 0.717) is 5.52 Å². The molecule has 0 atom stereocenters. The summed E-state index contributed by atoms with van der Waals surface area (Å²) in [7, 11) is 0. The smallest absolute Gasteiger partial charge is 0.387 e. The van der Waals surface area contributed by atoms with Gasteiger partial charge in [0.25, 0.3) is 5.56 Å². The van der Waals surface area contributed by atoms with Crippen LogP contribution in [0.4, 0.5) is 13.2 Å². The lowest BCUT2D eigenvalue weighted by Gasteiger charge is -2.15. The molecule has 0 saturated carbocycles. The van der Waals surface area contributed by atoms with E-state index < -0.39 is 18.2 Å². The third-order valence-corrected chi connectivity index (χ3v) is 4.81. The number of hydrogen-bond acceptors (Lipinski definition) is 3. The molecule has 0 radical (unpaired) electrons. The zero-order chi connectivity index (χ0) is 20.7. The number of nitrogens with zero attached hydrogens (tertiary/aromatic N) is 3. The Bertz CT molecular complexity index is 1110. The van der Waals surface area contributed by atoms with E-state index in [0.717, 1.165) is 23.4 Å². The number of aryl methyl sites for hydroxylation is 1. The second-order valence-corrected chi connectivity index (χ2v) is 7.08. The SMILES string of the molecule is CCn1c(-c2cc(F)c(OC(F)F)cc2Cl)nn2c(C)cc(C(C)C)c2c1=O. The van der Waals surface area contributed by atoms with Gasteiger partial charge in [-0.3, -0.25) is 9.36 Å². The number of aromatic nitrogens is 3. The molecule has 3 rings (SSSR count). The van der Waals surface area contributed by atoms with Crippen LogP contribution in [0.15, 0.2) is 23.0 Å². The number of rotatable bonds is 5. The number of benzene rings is 1. The summed E-state index contributed by atoms with van der Waals surface area (Å²) in [6.45, 7) is 4.61. The van der Waals surface area contributed by atoms with Crippen molar-refractivity contribution in [1.82, 2.24) is 14.2 Å². The van der Waals surface area contributed by atoms with Crippen molar-refractivity contribution in [3.63, 3.8) is 0 Å². The summed E-state index contributed by atoms with van der Waals surface area (Å²) in [5.74, 6) is -1.44. The van der Waals surface area contributed by atoms with E-state index >= 15 is 0 Å². The highest BCUT2D eigenvalue weighted by Crippen LogP contribution is 2.33. The van der Waals surface area contributed by atoms with Crippen molar-refractivity contribution in [2.24, 2.45) is 0 Å². The topological polar surface area (TPSA) is 48.5 Å². The Morgan fingerprint density at radius 2 is 1.93 bits per heavy atom. The molecule has 0 amide bonds. The van der Waals surface area contributed by atoms with Crippen molar-refractivity contribution in [3.05, 3.63) is 50.7 Å². The van der Waals surface area contributed by atoms with Crippen LogP contribution in [0.25, 0.3) is 16.9 Å². The Balaban J connectivity index is 2.31. The molecule has 0 fully saturated rings. The van der Waals surface area contributed by atoms with Crippen LogP contribution in [0.1, 0.15) is 37.9 Å². The summed E-state index contributed by atoms with van der Waals surface area (Å²) in [4.78, 5) is 13.1. The molecule has 0 aliphatic carbocycles. The molecule has 1 aromatic carbocycles. The van der Waals surface area contributed by atoms with Gasteiger partial charge in [-0.25, -0.2) is 8.91 Å². The highest BCUT2D eigenvalue weighted by Gasteiger charge is 2.22. The van der Waals surface area contributed by atoms with Crippen molar-refractivity contribution in [2.45, 2.75) is 46.8 Å². The van der Waals surface area contributed by atoms with Crippen LogP contribution in [-0.2, 0) is 6.54 Å². The Labute approximate surface area is 164 Å². The number of alkyl halides is 2. The average Bonchev–Trinajstić information content (AvgIpc) is 2.95. The van der Waals surface area contributed by atoms with Crippen molar-refractivity contribution < 1.29 is 17.9 Å². The van der Waals surface area contributed by atoms with E-state index in [9.17, 15) is 18.0 Å². The second-order valence-electron chi connectivity index (χ2n) is 6.67. The van der Waals surface area contributed by atoms with Gasteiger partial charge >= 0.3 is 6.61 Å². The Morgan fingerprint density at radius 1 is 1.25 bits per heavy atom. The molecule has 0 unspecified atom stereocenters. The predicted molar refractivity (Wildman–Crippen MR) is 101 cm³/mol. The molecule has 0 bridgehead atoms. The molecule has 0 saturated heterocycles. The lowest BCUT2D eigenvalue weighted by Crippen LogP contribution is -2.26. The fraction of sp³-hybridized carbons (Fsp3) is 0.368. The molecule has 2 aromatic heterocycles. The Morgan fingerprint density at radius 3 is 2.50 bits per heavy atom. The fourth-order valence-electron chi connectivity index (χ4n) is 3.19. The van der Waals surface area contributed by atoms with Gasteiger partial charge in [-0.1, -0.05) is 25.4 Å². The normalized spacial score (nSPS) is 11.8. The van der Waals surface area contributed by atoms with E-state index in [1.165, 1.54) is 9.08 Å². The molecule has 0 N–H and O–H groups in total. The highest BCUT2D eigenvalue weighted by atomic mass is 35.5. The van der Waals surface area contributed by atoms with Gasteiger partial charge in [0.1, 0.15) is 5.52 Å². The standard InChI is InChI=1S/C19H19ClF3N3O2/c1-5-25-17(12-7-14(21)15(8-13(12)20)28-19(22)23)24-26-10(4)6-11(9(2)3)16(26)18(25)27/h6-9,19H,5H2,1-4H3. The monoisotopic (exact) mass is 413 g/mol. The second kappa shape index (κ2) is 7.50.